The summed E-state index contributed by atoms with van der Waals surface area (Å²) in [6.07, 6.45) is 0.982. The molecule has 0 saturated carbocycles. The van der Waals surface area contributed by atoms with Gasteiger partial charge in [-0.25, -0.2) is 0 Å². The average Bonchev–Trinajstić information content (AvgIpc) is 3.27. The predicted octanol–water partition coefficient (Wildman–Crippen LogP) is 4.02. The maximum absolute atomic E-state index is 13.3. The minimum Gasteiger partial charge on any atom is -0.338 e. The molecule has 1 fully saturated rings. The summed E-state index contributed by atoms with van der Waals surface area (Å²) in [4.78, 5) is 33.8. The molecular weight excluding hydrogens is 442 g/mol. The molecule has 0 radical (unpaired) electrons. The van der Waals surface area contributed by atoms with Gasteiger partial charge in [0.05, 0.1) is 18.0 Å². The van der Waals surface area contributed by atoms with Crippen LogP contribution in [0.25, 0.3) is 0 Å². The van der Waals surface area contributed by atoms with Crippen LogP contribution in [0.15, 0.2) is 41.8 Å². The molecule has 5 nitrogen and oxygen atoms in total. The molecule has 172 valence electrons. The van der Waals surface area contributed by atoms with E-state index in [2.05, 4.69) is 40.6 Å². The van der Waals surface area contributed by atoms with Crippen LogP contribution in [0.2, 0.25) is 0 Å². The molecule has 3 heterocycles. The third-order valence-electron chi connectivity index (χ3n) is 6.67. The van der Waals surface area contributed by atoms with Gasteiger partial charge >= 0.3 is 0 Å². The first kappa shape index (κ1) is 23.3. The van der Waals surface area contributed by atoms with Gasteiger partial charge in [-0.1, -0.05) is 30.3 Å². The van der Waals surface area contributed by atoms with E-state index in [4.69, 9.17) is 11.6 Å². The van der Waals surface area contributed by atoms with E-state index in [0.29, 0.717) is 26.2 Å². The summed E-state index contributed by atoms with van der Waals surface area (Å²) in [6, 6.07) is 12.8. The van der Waals surface area contributed by atoms with Crippen molar-refractivity contribution < 1.29 is 9.59 Å². The maximum Gasteiger partial charge on any atom is 0.236 e. The molecule has 2 amide bonds. The normalized spacial score (nSPS) is 22.0. The zero-order chi connectivity index (χ0) is 22.9. The minimum absolute atomic E-state index is 0.0163. The molecule has 7 heteroatoms. The van der Waals surface area contributed by atoms with Crippen LogP contribution >= 0.6 is 22.9 Å². The number of alkyl halides is 1. The van der Waals surface area contributed by atoms with Gasteiger partial charge in [0.15, 0.2) is 0 Å². The SMILES string of the molecule is C[C@@H]1CN(C(=O)CN2CCc3sccc3[C@@H]2c2ccccc2)CCN1C(=O)C(C)(C)CCl. The zero-order valence-corrected chi connectivity index (χ0v) is 20.7. The number of thiophene rings is 1. The largest absolute Gasteiger partial charge is 0.338 e. The third kappa shape index (κ3) is 4.59. The first-order valence-electron chi connectivity index (χ1n) is 11.3. The van der Waals surface area contributed by atoms with E-state index in [-0.39, 0.29) is 29.8 Å². The molecule has 2 aromatic rings. The van der Waals surface area contributed by atoms with E-state index in [0.717, 1.165) is 13.0 Å². The Kier molecular flexibility index (Phi) is 6.94. The quantitative estimate of drug-likeness (QED) is 0.616. The highest BCUT2D eigenvalue weighted by atomic mass is 35.5. The Balaban J connectivity index is 1.45. The van der Waals surface area contributed by atoms with Gasteiger partial charge in [0.1, 0.15) is 0 Å². The second-order valence-electron chi connectivity index (χ2n) is 9.54. The lowest BCUT2D eigenvalue weighted by Gasteiger charge is -2.43. The van der Waals surface area contributed by atoms with Crippen LogP contribution in [-0.4, -0.2) is 71.2 Å². The number of piperazine rings is 1. The lowest BCUT2D eigenvalue weighted by molar-refractivity contribution is -0.148. The molecule has 0 N–H and O–H groups in total. The van der Waals surface area contributed by atoms with E-state index >= 15 is 0 Å². The number of benzene rings is 1. The molecule has 2 aliphatic heterocycles. The van der Waals surface area contributed by atoms with Gasteiger partial charge in [0, 0.05) is 43.0 Å². The Morgan fingerprint density at radius 3 is 2.56 bits per heavy atom. The van der Waals surface area contributed by atoms with Crippen molar-refractivity contribution in [2.75, 3.05) is 38.6 Å². The van der Waals surface area contributed by atoms with Crippen LogP contribution in [0.4, 0.5) is 0 Å². The second-order valence-corrected chi connectivity index (χ2v) is 10.8. The fourth-order valence-electron chi connectivity index (χ4n) is 4.77. The highest BCUT2D eigenvalue weighted by molar-refractivity contribution is 7.10. The Hall–Kier alpha value is -1.89. The summed E-state index contributed by atoms with van der Waals surface area (Å²) in [5.74, 6) is 0.496. The van der Waals surface area contributed by atoms with Crippen LogP contribution in [0.1, 0.15) is 42.8 Å². The van der Waals surface area contributed by atoms with Gasteiger partial charge in [0.25, 0.3) is 0 Å². The Morgan fingerprint density at radius 1 is 1.12 bits per heavy atom. The number of carbonyl (C=O) groups excluding carboxylic acids is 2. The molecule has 32 heavy (non-hydrogen) atoms. The van der Waals surface area contributed by atoms with E-state index in [1.165, 1.54) is 16.0 Å². The molecule has 1 saturated heterocycles. The molecule has 0 aliphatic carbocycles. The summed E-state index contributed by atoms with van der Waals surface area (Å²) in [6.45, 7) is 8.74. The van der Waals surface area contributed by atoms with Crippen LogP contribution in [0, 0.1) is 5.41 Å². The Labute approximate surface area is 199 Å². The van der Waals surface area contributed by atoms with Crippen molar-refractivity contribution in [3.63, 3.8) is 0 Å². The van der Waals surface area contributed by atoms with Crippen molar-refractivity contribution in [3.8, 4) is 0 Å². The van der Waals surface area contributed by atoms with E-state index in [1.54, 1.807) is 0 Å². The van der Waals surface area contributed by atoms with Crippen LogP contribution in [-0.2, 0) is 16.0 Å². The molecule has 4 rings (SSSR count). The predicted molar refractivity (Wildman–Crippen MR) is 130 cm³/mol. The number of amides is 2. The van der Waals surface area contributed by atoms with Crippen molar-refractivity contribution >= 4 is 34.8 Å². The molecule has 1 aromatic heterocycles. The third-order valence-corrected chi connectivity index (χ3v) is 8.34. The lowest BCUT2D eigenvalue weighted by Crippen LogP contribution is -2.59. The van der Waals surface area contributed by atoms with Gasteiger partial charge in [0.2, 0.25) is 11.8 Å². The highest BCUT2D eigenvalue weighted by Crippen LogP contribution is 2.37. The van der Waals surface area contributed by atoms with Gasteiger partial charge in [-0.2, -0.15) is 0 Å². The Bertz CT molecular complexity index is 961. The first-order valence-corrected chi connectivity index (χ1v) is 12.7. The highest BCUT2D eigenvalue weighted by Gasteiger charge is 2.38. The van der Waals surface area contributed by atoms with Crippen molar-refractivity contribution in [3.05, 3.63) is 57.8 Å². The summed E-state index contributed by atoms with van der Waals surface area (Å²) in [5.41, 5.74) is 1.97. The standard InChI is InChI=1S/C25H32ClN3O2S/c1-18-15-27(12-13-29(18)24(31)25(2,3)17-26)22(30)16-28-11-9-21-20(10-14-32-21)23(28)19-7-5-4-6-8-19/h4-8,10,14,18,23H,9,11-13,15-17H2,1-3H3/t18-,23+/m1/s1. The lowest BCUT2D eigenvalue weighted by atomic mass is 9.92. The number of fused-ring (bicyclic) bond motifs is 1. The van der Waals surface area contributed by atoms with E-state index in [1.807, 2.05) is 48.0 Å². The topological polar surface area (TPSA) is 43.9 Å². The zero-order valence-electron chi connectivity index (χ0n) is 19.1. The van der Waals surface area contributed by atoms with E-state index < -0.39 is 5.41 Å². The smallest absolute Gasteiger partial charge is 0.236 e. The van der Waals surface area contributed by atoms with Crippen molar-refractivity contribution in [2.45, 2.75) is 39.3 Å². The minimum atomic E-state index is -0.586. The number of hydrogen-bond acceptors (Lipinski definition) is 4. The van der Waals surface area contributed by atoms with E-state index in [9.17, 15) is 9.59 Å². The van der Waals surface area contributed by atoms with Gasteiger partial charge in [-0.3, -0.25) is 14.5 Å². The van der Waals surface area contributed by atoms with Crippen LogP contribution < -0.4 is 0 Å². The molecular formula is C25H32ClN3O2S. The van der Waals surface area contributed by atoms with Gasteiger partial charge in [-0.05, 0) is 49.8 Å². The van der Waals surface area contributed by atoms with Crippen LogP contribution in [0.3, 0.4) is 0 Å². The average molecular weight is 474 g/mol. The van der Waals surface area contributed by atoms with Crippen molar-refractivity contribution in [1.29, 1.82) is 0 Å². The maximum atomic E-state index is 13.3. The fourth-order valence-corrected chi connectivity index (χ4v) is 5.79. The molecule has 1 aromatic carbocycles. The number of rotatable bonds is 5. The molecule has 2 atom stereocenters. The molecule has 0 unspecified atom stereocenters. The second kappa shape index (κ2) is 9.54. The molecule has 0 spiro atoms. The monoisotopic (exact) mass is 473 g/mol. The summed E-state index contributed by atoms with van der Waals surface area (Å²) in [7, 11) is 0. The molecule has 2 aliphatic rings. The number of halogens is 1. The summed E-state index contributed by atoms with van der Waals surface area (Å²) < 4.78 is 0. The van der Waals surface area contributed by atoms with Crippen LogP contribution in [0.5, 0.6) is 0 Å². The summed E-state index contributed by atoms with van der Waals surface area (Å²) >= 11 is 7.83. The van der Waals surface area contributed by atoms with Gasteiger partial charge < -0.3 is 9.80 Å². The van der Waals surface area contributed by atoms with Crippen molar-refractivity contribution in [1.82, 2.24) is 14.7 Å². The Morgan fingerprint density at radius 2 is 1.88 bits per heavy atom. The fraction of sp³-hybridized carbons (Fsp3) is 0.520. The summed E-state index contributed by atoms with van der Waals surface area (Å²) in [5, 5.41) is 2.16. The number of hydrogen-bond donors (Lipinski definition) is 0. The first-order chi connectivity index (χ1) is 15.3. The van der Waals surface area contributed by atoms with Gasteiger partial charge in [-0.15, -0.1) is 22.9 Å². The van der Waals surface area contributed by atoms with Crippen molar-refractivity contribution in [2.24, 2.45) is 5.41 Å². The number of nitrogens with zero attached hydrogens (tertiary/aromatic N) is 3. The number of carbonyl (C=O) groups is 2. The molecule has 0 bridgehead atoms.